The molecule has 7 rings (SSSR count). The van der Waals surface area contributed by atoms with Gasteiger partial charge < -0.3 is 14.5 Å². The molecule has 0 radical (unpaired) electrons. The van der Waals surface area contributed by atoms with Gasteiger partial charge in [0.15, 0.2) is 0 Å². The standard InChI is InChI=1S/C29H24Cl2N4O3/c30-22-13-32-14-23(31)25(22)26-21(27(38-34-26)16-1-2-16)5-6-29-7-8-35(15-19(29)11-29)20-4-3-17-10-24(28(36)37)33-12-18(17)9-20/h3-6,9-10,12-14,16,19H,1-2,7-8,11,15H2,(H,36,37)/b6-5+. The highest BCUT2D eigenvalue weighted by molar-refractivity contribution is 6.39. The quantitative estimate of drug-likeness (QED) is 0.275. The Hall–Kier alpha value is -3.42. The number of hydrogen-bond acceptors (Lipinski definition) is 6. The summed E-state index contributed by atoms with van der Waals surface area (Å²) in [6.07, 6.45) is 13.8. The third-order valence-corrected chi connectivity index (χ3v) is 8.81. The number of nitrogens with zero attached hydrogens (tertiary/aromatic N) is 4. The number of anilines is 1. The molecule has 2 aliphatic carbocycles. The molecular weight excluding hydrogens is 523 g/mol. The van der Waals surface area contributed by atoms with E-state index in [2.05, 4.69) is 44.3 Å². The number of fused-ring (bicyclic) bond motifs is 2. The van der Waals surface area contributed by atoms with Gasteiger partial charge in [0.1, 0.15) is 17.1 Å². The molecule has 3 fully saturated rings. The van der Waals surface area contributed by atoms with Gasteiger partial charge in [0, 0.05) is 59.8 Å². The molecule has 1 aromatic carbocycles. The fourth-order valence-corrected chi connectivity index (χ4v) is 6.34. The van der Waals surface area contributed by atoms with Gasteiger partial charge >= 0.3 is 5.97 Å². The third-order valence-electron chi connectivity index (χ3n) is 8.23. The number of pyridine rings is 2. The molecule has 1 saturated heterocycles. The van der Waals surface area contributed by atoms with Crippen molar-refractivity contribution in [1.29, 1.82) is 0 Å². The second-order valence-corrected chi connectivity index (χ2v) is 11.4. The van der Waals surface area contributed by atoms with Gasteiger partial charge in [0.05, 0.1) is 10.0 Å². The SMILES string of the molecule is O=C(O)c1cc2ccc(N3CCC4(/C=C/c5c(-c6c(Cl)cncc6Cl)noc5C5CC5)CC4C3)cc2cn1. The van der Waals surface area contributed by atoms with Crippen molar-refractivity contribution in [2.24, 2.45) is 11.3 Å². The van der Waals surface area contributed by atoms with E-state index in [0.717, 1.165) is 66.6 Å². The Kier molecular flexibility index (Phi) is 5.49. The summed E-state index contributed by atoms with van der Waals surface area (Å²) < 4.78 is 5.82. The Morgan fingerprint density at radius 1 is 1.13 bits per heavy atom. The van der Waals surface area contributed by atoms with Crippen LogP contribution < -0.4 is 4.90 Å². The van der Waals surface area contributed by atoms with Crippen LogP contribution in [0.15, 0.2) is 53.5 Å². The number of halogens is 2. The van der Waals surface area contributed by atoms with E-state index in [0.29, 0.717) is 33.1 Å². The van der Waals surface area contributed by atoms with Crippen LogP contribution in [0.25, 0.3) is 28.1 Å². The maximum Gasteiger partial charge on any atom is 0.354 e. The molecule has 0 amide bonds. The Bertz CT molecular complexity index is 1610. The molecule has 2 unspecified atom stereocenters. The molecule has 1 aliphatic heterocycles. The molecule has 3 aromatic heterocycles. The summed E-state index contributed by atoms with van der Waals surface area (Å²) in [6.45, 7) is 1.92. The Morgan fingerprint density at radius 3 is 2.68 bits per heavy atom. The number of aromatic nitrogens is 3. The zero-order valence-electron chi connectivity index (χ0n) is 20.4. The van der Waals surface area contributed by atoms with Crippen LogP contribution in [0.5, 0.6) is 0 Å². The smallest absolute Gasteiger partial charge is 0.354 e. The van der Waals surface area contributed by atoms with Gasteiger partial charge in [0.25, 0.3) is 0 Å². The Labute approximate surface area is 229 Å². The predicted octanol–water partition coefficient (Wildman–Crippen LogP) is 7.10. The number of carbonyl (C=O) groups is 1. The largest absolute Gasteiger partial charge is 0.477 e. The van der Waals surface area contributed by atoms with Crippen molar-refractivity contribution in [3.05, 3.63) is 76.0 Å². The van der Waals surface area contributed by atoms with Gasteiger partial charge in [-0.05, 0) is 60.6 Å². The molecule has 192 valence electrons. The van der Waals surface area contributed by atoms with E-state index < -0.39 is 5.97 Å². The third kappa shape index (κ3) is 4.05. The summed E-state index contributed by atoms with van der Waals surface area (Å²) in [7, 11) is 0. The van der Waals surface area contributed by atoms with E-state index >= 15 is 0 Å². The molecule has 7 nitrogen and oxygen atoms in total. The highest BCUT2D eigenvalue weighted by Gasteiger charge is 2.54. The van der Waals surface area contributed by atoms with Gasteiger partial charge in [-0.15, -0.1) is 0 Å². The van der Waals surface area contributed by atoms with Crippen LogP contribution in [-0.2, 0) is 0 Å². The first-order valence-corrected chi connectivity index (χ1v) is 13.5. The Balaban J connectivity index is 1.12. The van der Waals surface area contributed by atoms with Gasteiger partial charge in [-0.1, -0.05) is 46.6 Å². The molecule has 9 heteroatoms. The molecule has 0 bridgehead atoms. The van der Waals surface area contributed by atoms with Gasteiger partial charge in [-0.2, -0.15) is 0 Å². The highest BCUT2D eigenvalue weighted by atomic mass is 35.5. The average molecular weight is 547 g/mol. The molecule has 1 N–H and O–H groups in total. The summed E-state index contributed by atoms with van der Waals surface area (Å²) in [4.78, 5) is 21.8. The first-order chi connectivity index (χ1) is 18.4. The monoisotopic (exact) mass is 546 g/mol. The maximum atomic E-state index is 11.2. The predicted molar refractivity (Wildman–Crippen MR) is 147 cm³/mol. The second kappa shape index (κ2) is 8.82. The van der Waals surface area contributed by atoms with Crippen LogP contribution in [0.2, 0.25) is 10.0 Å². The van der Waals surface area contributed by atoms with Crippen molar-refractivity contribution >= 4 is 51.7 Å². The molecule has 3 aliphatic rings. The summed E-state index contributed by atoms with van der Waals surface area (Å²) >= 11 is 12.9. The van der Waals surface area contributed by atoms with E-state index in [4.69, 9.17) is 27.7 Å². The van der Waals surface area contributed by atoms with E-state index in [1.165, 1.54) is 0 Å². The lowest BCUT2D eigenvalue weighted by atomic mass is 9.92. The van der Waals surface area contributed by atoms with Crippen molar-refractivity contribution in [1.82, 2.24) is 15.1 Å². The number of piperidine rings is 1. The van der Waals surface area contributed by atoms with Crippen molar-refractivity contribution < 1.29 is 14.4 Å². The van der Waals surface area contributed by atoms with Gasteiger partial charge in [-0.3, -0.25) is 4.98 Å². The van der Waals surface area contributed by atoms with E-state index in [1.807, 2.05) is 6.07 Å². The summed E-state index contributed by atoms with van der Waals surface area (Å²) in [6, 6.07) is 7.78. The van der Waals surface area contributed by atoms with Crippen molar-refractivity contribution in [3.8, 4) is 11.3 Å². The molecule has 4 heterocycles. The zero-order valence-corrected chi connectivity index (χ0v) is 21.9. The number of carboxylic acid groups (broad SMARTS) is 1. The minimum absolute atomic E-state index is 0.0621. The Morgan fingerprint density at radius 2 is 1.95 bits per heavy atom. The average Bonchev–Trinajstić information content (AvgIpc) is 3.84. The summed E-state index contributed by atoms with van der Waals surface area (Å²) in [5.41, 5.74) is 3.71. The summed E-state index contributed by atoms with van der Waals surface area (Å²) in [5.74, 6) is 0.872. The number of rotatable bonds is 6. The number of benzene rings is 1. The van der Waals surface area contributed by atoms with E-state index in [9.17, 15) is 9.90 Å². The fraction of sp³-hybridized carbons (Fsp3) is 0.310. The lowest BCUT2D eigenvalue weighted by molar-refractivity contribution is 0.0690. The first-order valence-electron chi connectivity index (χ1n) is 12.8. The lowest BCUT2D eigenvalue weighted by Gasteiger charge is -2.32. The number of carboxylic acids is 1. The first kappa shape index (κ1) is 23.7. The minimum atomic E-state index is -1.01. The van der Waals surface area contributed by atoms with Crippen molar-refractivity contribution in [2.45, 2.75) is 31.6 Å². The normalized spacial score (nSPS) is 22.7. The highest BCUT2D eigenvalue weighted by Crippen LogP contribution is 2.60. The van der Waals surface area contributed by atoms with Gasteiger partial charge in [0.2, 0.25) is 0 Å². The lowest BCUT2D eigenvalue weighted by Crippen LogP contribution is -2.34. The van der Waals surface area contributed by atoms with Crippen LogP contribution in [0.4, 0.5) is 5.69 Å². The maximum absolute atomic E-state index is 11.2. The summed E-state index contributed by atoms with van der Waals surface area (Å²) in [5, 5.41) is 16.4. The van der Waals surface area contributed by atoms with E-state index in [-0.39, 0.29) is 11.1 Å². The van der Waals surface area contributed by atoms with E-state index in [1.54, 1.807) is 24.7 Å². The molecular formula is C29H24Cl2N4O3. The number of allylic oxidation sites excluding steroid dienone is 1. The van der Waals surface area contributed by atoms with Crippen LogP contribution in [0.3, 0.4) is 0 Å². The molecule has 2 saturated carbocycles. The van der Waals surface area contributed by atoms with Crippen LogP contribution in [0.1, 0.15) is 53.4 Å². The molecule has 4 aromatic rings. The van der Waals surface area contributed by atoms with Crippen LogP contribution in [0, 0.1) is 11.3 Å². The molecule has 2 atom stereocenters. The number of hydrogen-bond donors (Lipinski definition) is 1. The van der Waals surface area contributed by atoms with Gasteiger partial charge in [-0.25, -0.2) is 9.78 Å². The van der Waals surface area contributed by atoms with Crippen molar-refractivity contribution in [2.75, 3.05) is 18.0 Å². The van der Waals surface area contributed by atoms with Crippen LogP contribution in [-0.4, -0.2) is 39.3 Å². The minimum Gasteiger partial charge on any atom is -0.477 e. The van der Waals surface area contributed by atoms with Crippen molar-refractivity contribution in [3.63, 3.8) is 0 Å². The molecule has 0 spiro atoms. The fourth-order valence-electron chi connectivity index (χ4n) is 5.80. The molecule has 38 heavy (non-hydrogen) atoms. The topological polar surface area (TPSA) is 92.3 Å². The number of aromatic carboxylic acids is 1. The second-order valence-electron chi connectivity index (χ2n) is 10.6. The zero-order chi connectivity index (χ0) is 26.0. The van der Waals surface area contributed by atoms with Crippen LogP contribution >= 0.6 is 23.2 Å².